The number of carbonyl (C=O) groups excluding carboxylic acids is 2. The van der Waals surface area contributed by atoms with Gasteiger partial charge in [-0.1, -0.05) is 6.07 Å². The van der Waals surface area contributed by atoms with Gasteiger partial charge in [0.05, 0.1) is 24.4 Å². The van der Waals surface area contributed by atoms with Gasteiger partial charge in [0, 0.05) is 43.3 Å². The van der Waals surface area contributed by atoms with Crippen molar-refractivity contribution in [2.75, 3.05) is 39.4 Å². The second-order valence-corrected chi connectivity index (χ2v) is 9.95. The first kappa shape index (κ1) is 22.5. The number of amides is 2. The van der Waals surface area contributed by atoms with E-state index in [4.69, 9.17) is 9.15 Å². The molecule has 2 saturated heterocycles. The summed E-state index contributed by atoms with van der Waals surface area (Å²) >= 11 is 0. The van der Waals surface area contributed by atoms with E-state index >= 15 is 0 Å². The van der Waals surface area contributed by atoms with Crippen molar-refractivity contribution in [3.05, 3.63) is 53.5 Å². The van der Waals surface area contributed by atoms with Crippen molar-refractivity contribution in [3.8, 4) is 0 Å². The van der Waals surface area contributed by atoms with Gasteiger partial charge in [0.15, 0.2) is 5.76 Å². The van der Waals surface area contributed by atoms with E-state index in [2.05, 4.69) is 5.32 Å². The number of benzene rings is 1. The molecule has 1 N–H and O–H groups in total. The molecule has 0 saturated carbocycles. The van der Waals surface area contributed by atoms with Crippen molar-refractivity contribution in [1.82, 2.24) is 14.5 Å². The SMILES string of the molecule is Cc1ccoc1C(=O)NC1CCN(C(=O)c2cccc(S(=O)(=O)N3CCOCC3)c2)CC1. The molecule has 32 heavy (non-hydrogen) atoms. The second kappa shape index (κ2) is 9.43. The number of rotatable bonds is 5. The van der Waals surface area contributed by atoms with Gasteiger partial charge in [-0.05, 0) is 44.0 Å². The fraction of sp³-hybridized carbons (Fsp3) is 0.455. The number of sulfonamides is 1. The van der Waals surface area contributed by atoms with Crippen LogP contribution in [0.5, 0.6) is 0 Å². The lowest BCUT2D eigenvalue weighted by atomic mass is 10.0. The molecule has 172 valence electrons. The Bertz CT molecular complexity index is 1080. The maximum Gasteiger partial charge on any atom is 0.287 e. The average Bonchev–Trinajstić information content (AvgIpc) is 3.26. The fourth-order valence-electron chi connectivity index (χ4n) is 3.99. The first-order valence-electron chi connectivity index (χ1n) is 10.7. The maximum absolute atomic E-state index is 13.0. The van der Waals surface area contributed by atoms with Crippen LogP contribution >= 0.6 is 0 Å². The maximum atomic E-state index is 13.0. The van der Waals surface area contributed by atoms with Gasteiger partial charge in [-0.25, -0.2) is 8.42 Å². The lowest BCUT2D eigenvalue weighted by Gasteiger charge is -2.32. The van der Waals surface area contributed by atoms with Crippen LogP contribution in [-0.4, -0.2) is 74.9 Å². The number of morpholine rings is 1. The highest BCUT2D eigenvalue weighted by Gasteiger charge is 2.29. The molecule has 0 unspecified atom stereocenters. The average molecular weight is 462 g/mol. The van der Waals surface area contributed by atoms with Crippen molar-refractivity contribution >= 4 is 21.8 Å². The molecule has 2 aromatic rings. The Morgan fingerprint density at radius 2 is 1.78 bits per heavy atom. The van der Waals surface area contributed by atoms with E-state index in [1.165, 1.54) is 22.7 Å². The molecule has 0 radical (unpaired) electrons. The van der Waals surface area contributed by atoms with Crippen molar-refractivity contribution in [3.63, 3.8) is 0 Å². The van der Waals surface area contributed by atoms with Gasteiger partial charge in [-0.2, -0.15) is 4.31 Å². The van der Waals surface area contributed by atoms with Crippen molar-refractivity contribution in [2.24, 2.45) is 0 Å². The molecule has 0 aliphatic carbocycles. The predicted molar refractivity (Wildman–Crippen MR) is 116 cm³/mol. The third kappa shape index (κ3) is 4.72. The zero-order valence-electron chi connectivity index (χ0n) is 18.0. The standard InChI is InChI=1S/C22H27N3O6S/c1-16-7-12-31-20(16)21(26)23-18-5-8-24(9-6-18)22(27)17-3-2-4-19(15-17)32(28,29)25-10-13-30-14-11-25/h2-4,7,12,15,18H,5-6,8-11,13-14H2,1H3,(H,23,26). The minimum Gasteiger partial charge on any atom is -0.459 e. The van der Waals surface area contributed by atoms with E-state index in [0.717, 1.165) is 5.56 Å². The smallest absolute Gasteiger partial charge is 0.287 e. The summed E-state index contributed by atoms with van der Waals surface area (Å²) in [6, 6.07) is 7.88. The lowest BCUT2D eigenvalue weighted by molar-refractivity contribution is 0.0694. The number of nitrogens with zero attached hydrogens (tertiary/aromatic N) is 2. The van der Waals surface area contributed by atoms with Gasteiger partial charge in [0.25, 0.3) is 11.8 Å². The van der Waals surface area contributed by atoms with Gasteiger partial charge in [-0.3, -0.25) is 9.59 Å². The number of ether oxygens (including phenoxy) is 1. The zero-order chi connectivity index (χ0) is 22.7. The van der Waals surface area contributed by atoms with Crippen LogP contribution in [0.3, 0.4) is 0 Å². The van der Waals surface area contributed by atoms with Gasteiger partial charge in [-0.15, -0.1) is 0 Å². The van der Waals surface area contributed by atoms with Crippen LogP contribution < -0.4 is 5.32 Å². The minimum absolute atomic E-state index is 0.0518. The van der Waals surface area contributed by atoms with Crippen LogP contribution in [0.1, 0.15) is 39.3 Å². The molecule has 4 rings (SSSR count). The summed E-state index contributed by atoms with van der Waals surface area (Å²) in [5.74, 6) is -0.157. The van der Waals surface area contributed by atoms with Gasteiger partial charge in [0.2, 0.25) is 10.0 Å². The van der Waals surface area contributed by atoms with Crippen LogP contribution in [0.25, 0.3) is 0 Å². The van der Waals surface area contributed by atoms with E-state index in [1.54, 1.807) is 23.1 Å². The Balaban J connectivity index is 1.38. The molecule has 1 aromatic heterocycles. The molecule has 0 bridgehead atoms. The van der Waals surface area contributed by atoms with Gasteiger partial charge >= 0.3 is 0 Å². The number of piperidine rings is 1. The van der Waals surface area contributed by atoms with E-state index in [-0.39, 0.29) is 22.8 Å². The highest BCUT2D eigenvalue weighted by atomic mass is 32.2. The van der Waals surface area contributed by atoms with E-state index in [0.29, 0.717) is 63.6 Å². The summed E-state index contributed by atoms with van der Waals surface area (Å²) in [5, 5.41) is 2.96. The Morgan fingerprint density at radius 3 is 2.44 bits per heavy atom. The molecule has 2 aliphatic heterocycles. The Hall–Kier alpha value is -2.69. The third-order valence-electron chi connectivity index (χ3n) is 5.87. The number of carbonyl (C=O) groups is 2. The zero-order valence-corrected chi connectivity index (χ0v) is 18.8. The normalized spacial score (nSPS) is 18.5. The fourth-order valence-corrected chi connectivity index (χ4v) is 5.45. The molecule has 2 fully saturated rings. The van der Waals surface area contributed by atoms with Crippen LogP contribution in [0.2, 0.25) is 0 Å². The van der Waals surface area contributed by atoms with Crippen LogP contribution in [-0.2, 0) is 14.8 Å². The molecule has 0 spiro atoms. The van der Waals surface area contributed by atoms with Crippen molar-refractivity contribution in [1.29, 1.82) is 0 Å². The molecular formula is C22H27N3O6S. The molecular weight excluding hydrogens is 434 g/mol. The van der Waals surface area contributed by atoms with Crippen molar-refractivity contribution < 1.29 is 27.2 Å². The lowest BCUT2D eigenvalue weighted by Crippen LogP contribution is -2.46. The number of likely N-dealkylation sites (tertiary alicyclic amines) is 1. The van der Waals surface area contributed by atoms with E-state index in [1.807, 2.05) is 6.92 Å². The number of furan rings is 1. The van der Waals surface area contributed by atoms with E-state index < -0.39 is 10.0 Å². The molecule has 10 heteroatoms. The first-order valence-corrected chi connectivity index (χ1v) is 12.1. The minimum atomic E-state index is -3.67. The summed E-state index contributed by atoms with van der Waals surface area (Å²) < 4.78 is 37.7. The second-order valence-electron chi connectivity index (χ2n) is 8.02. The Labute approximate surface area is 187 Å². The number of hydrogen-bond donors (Lipinski definition) is 1. The quantitative estimate of drug-likeness (QED) is 0.725. The monoisotopic (exact) mass is 461 g/mol. The predicted octanol–water partition coefficient (Wildman–Crippen LogP) is 1.64. The van der Waals surface area contributed by atoms with Crippen molar-refractivity contribution in [2.45, 2.75) is 30.7 Å². The highest BCUT2D eigenvalue weighted by Crippen LogP contribution is 2.21. The molecule has 2 amide bonds. The number of nitrogens with one attached hydrogen (secondary N) is 1. The summed E-state index contributed by atoms with van der Waals surface area (Å²) in [6.45, 7) is 4.09. The Kier molecular flexibility index (Phi) is 6.63. The van der Waals surface area contributed by atoms with Crippen LogP contribution in [0.15, 0.2) is 45.9 Å². The van der Waals surface area contributed by atoms with Crippen LogP contribution in [0, 0.1) is 6.92 Å². The van der Waals surface area contributed by atoms with Gasteiger partial charge < -0.3 is 19.4 Å². The van der Waals surface area contributed by atoms with Gasteiger partial charge in [0.1, 0.15) is 0 Å². The first-order chi connectivity index (χ1) is 15.4. The largest absolute Gasteiger partial charge is 0.459 e. The molecule has 0 atom stereocenters. The number of hydrogen-bond acceptors (Lipinski definition) is 6. The molecule has 3 heterocycles. The summed E-state index contributed by atoms with van der Waals surface area (Å²) in [6.07, 6.45) is 2.71. The number of aryl methyl sites for hydroxylation is 1. The topological polar surface area (TPSA) is 109 Å². The van der Waals surface area contributed by atoms with E-state index in [9.17, 15) is 18.0 Å². The third-order valence-corrected chi connectivity index (χ3v) is 7.77. The molecule has 9 nitrogen and oxygen atoms in total. The summed E-state index contributed by atoms with van der Waals surface area (Å²) in [5.41, 5.74) is 1.12. The molecule has 2 aliphatic rings. The summed E-state index contributed by atoms with van der Waals surface area (Å²) in [7, 11) is -3.67. The summed E-state index contributed by atoms with van der Waals surface area (Å²) in [4.78, 5) is 27.2. The highest BCUT2D eigenvalue weighted by molar-refractivity contribution is 7.89. The Morgan fingerprint density at radius 1 is 1.06 bits per heavy atom. The molecule has 1 aromatic carbocycles. The van der Waals surface area contributed by atoms with Crippen LogP contribution in [0.4, 0.5) is 0 Å².